The maximum atomic E-state index is 10.5. The minimum atomic E-state index is -0.401. The number of hydrogen-bond donors (Lipinski definition) is 1. The number of hydrogen-bond acceptors (Lipinski definition) is 2. The smallest absolute Gasteiger partial charge is 0.126 e. The summed E-state index contributed by atoms with van der Waals surface area (Å²) in [5.41, 5.74) is 0.782. The summed E-state index contributed by atoms with van der Waals surface area (Å²) in [5, 5.41) is 10.5. The summed E-state index contributed by atoms with van der Waals surface area (Å²) in [6.45, 7) is 4.60. The van der Waals surface area contributed by atoms with E-state index in [1.54, 1.807) is 0 Å². The molecule has 3 atom stereocenters. The molecular weight excluding hydrogens is 316 g/mol. The van der Waals surface area contributed by atoms with Crippen molar-refractivity contribution in [2.45, 2.75) is 57.7 Å². The third-order valence-electron chi connectivity index (χ3n) is 5.01. The number of benzene rings is 1. The molecule has 0 amide bonds. The first-order chi connectivity index (χ1) is 9.49. The Labute approximate surface area is 129 Å². The molecule has 0 radical (unpaired) electrons. The molecule has 1 aliphatic carbocycles. The van der Waals surface area contributed by atoms with Crippen molar-refractivity contribution >= 4 is 15.9 Å². The zero-order valence-corrected chi connectivity index (χ0v) is 13.8. The molecule has 0 aromatic heterocycles. The average Bonchev–Trinajstić information content (AvgIpc) is 2.40. The molecule has 1 saturated carbocycles. The Hall–Kier alpha value is -0.540. The summed E-state index contributed by atoms with van der Waals surface area (Å²) in [4.78, 5) is 0. The molecule has 3 heteroatoms. The van der Waals surface area contributed by atoms with Gasteiger partial charge in [-0.3, -0.25) is 0 Å². The molecule has 1 spiro atoms. The first-order valence-corrected chi connectivity index (χ1v) is 8.45. The normalized spacial score (nSPS) is 33.0. The van der Waals surface area contributed by atoms with E-state index >= 15 is 0 Å². The standard InChI is InChI=1S/C17H23BrO2/c1-11(2)12-4-3-7-17(9-12)10-15(19)14-8-13(18)5-6-16(14)20-17/h5-6,8,11-12,15,19H,3-4,7,9-10H2,1-2H3. The number of aliphatic hydroxyl groups excluding tert-OH is 1. The highest BCUT2D eigenvalue weighted by molar-refractivity contribution is 9.10. The molecule has 2 nitrogen and oxygen atoms in total. The van der Waals surface area contributed by atoms with Gasteiger partial charge < -0.3 is 9.84 Å². The van der Waals surface area contributed by atoms with Crippen LogP contribution in [-0.4, -0.2) is 10.7 Å². The van der Waals surface area contributed by atoms with E-state index in [0.29, 0.717) is 11.8 Å². The second-order valence-electron chi connectivity index (χ2n) is 6.79. The van der Waals surface area contributed by atoms with Crippen molar-refractivity contribution in [3.05, 3.63) is 28.2 Å². The summed E-state index contributed by atoms with van der Waals surface area (Å²) in [7, 11) is 0. The van der Waals surface area contributed by atoms with Gasteiger partial charge in [0.2, 0.25) is 0 Å². The largest absolute Gasteiger partial charge is 0.487 e. The topological polar surface area (TPSA) is 29.5 Å². The van der Waals surface area contributed by atoms with Crippen LogP contribution >= 0.6 is 15.9 Å². The summed E-state index contributed by atoms with van der Waals surface area (Å²) < 4.78 is 7.38. The van der Waals surface area contributed by atoms with Crippen molar-refractivity contribution in [1.82, 2.24) is 0 Å². The lowest BCUT2D eigenvalue weighted by molar-refractivity contribution is -0.0573. The number of aliphatic hydroxyl groups is 1. The fourth-order valence-electron chi connectivity index (χ4n) is 3.83. The van der Waals surface area contributed by atoms with Crippen LogP contribution in [0, 0.1) is 11.8 Å². The molecule has 0 saturated heterocycles. The summed E-state index contributed by atoms with van der Waals surface area (Å²) in [6.07, 6.45) is 5.00. The monoisotopic (exact) mass is 338 g/mol. The SMILES string of the molecule is CC(C)C1CCCC2(CC(O)c3cc(Br)ccc3O2)C1. The molecule has 1 N–H and O–H groups in total. The van der Waals surface area contributed by atoms with E-state index in [9.17, 15) is 5.11 Å². The Morgan fingerprint density at radius 1 is 1.35 bits per heavy atom. The van der Waals surface area contributed by atoms with Gasteiger partial charge >= 0.3 is 0 Å². The number of ether oxygens (including phenoxy) is 1. The molecular formula is C17H23BrO2. The molecule has 1 aromatic carbocycles. The van der Waals surface area contributed by atoms with Gasteiger partial charge in [0.25, 0.3) is 0 Å². The van der Waals surface area contributed by atoms with Crippen molar-refractivity contribution in [1.29, 1.82) is 0 Å². The van der Waals surface area contributed by atoms with Crippen LogP contribution in [0.5, 0.6) is 5.75 Å². The van der Waals surface area contributed by atoms with E-state index < -0.39 is 6.10 Å². The molecule has 3 rings (SSSR count). The molecule has 3 unspecified atom stereocenters. The second kappa shape index (κ2) is 5.34. The minimum Gasteiger partial charge on any atom is -0.487 e. The van der Waals surface area contributed by atoms with Crippen LogP contribution in [0.15, 0.2) is 22.7 Å². The molecule has 20 heavy (non-hydrogen) atoms. The van der Waals surface area contributed by atoms with Gasteiger partial charge in [0.15, 0.2) is 0 Å². The maximum Gasteiger partial charge on any atom is 0.126 e. The molecule has 1 fully saturated rings. The third-order valence-corrected chi connectivity index (χ3v) is 5.50. The van der Waals surface area contributed by atoms with Crippen molar-refractivity contribution in [3.63, 3.8) is 0 Å². The van der Waals surface area contributed by atoms with Gasteiger partial charge in [-0.15, -0.1) is 0 Å². The number of rotatable bonds is 1. The van der Waals surface area contributed by atoms with Crippen LogP contribution in [-0.2, 0) is 0 Å². The highest BCUT2D eigenvalue weighted by Gasteiger charge is 2.44. The number of fused-ring (bicyclic) bond motifs is 1. The Kier molecular flexibility index (Phi) is 3.85. The fraction of sp³-hybridized carbons (Fsp3) is 0.647. The average molecular weight is 339 g/mol. The van der Waals surface area contributed by atoms with Gasteiger partial charge in [-0.2, -0.15) is 0 Å². The van der Waals surface area contributed by atoms with Gasteiger partial charge in [0.05, 0.1) is 6.10 Å². The minimum absolute atomic E-state index is 0.145. The van der Waals surface area contributed by atoms with Crippen LogP contribution in [0.2, 0.25) is 0 Å². The van der Waals surface area contributed by atoms with Crippen LogP contribution in [0.1, 0.15) is 57.6 Å². The number of halogens is 1. The Morgan fingerprint density at radius 3 is 2.90 bits per heavy atom. The van der Waals surface area contributed by atoms with Gasteiger partial charge in [-0.05, 0) is 55.7 Å². The summed E-state index contributed by atoms with van der Waals surface area (Å²) >= 11 is 3.47. The summed E-state index contributed by atoms with van der Waals surface area (Å²) in [6, 6.07) is 5.96. The lowest BCUT2D eigenvalue weighted by atomic mass is 9.70. The highest BCUT2D eigenvalue weighted by atomic mass is 79.9. The quantitative estimate of drug-likeness (QED) is 0.792. The second-order valence-corrected chi connectivity index (χ2v) is 7.70. The van der Waals surface area contributed by atoms with E-state index in [1.807, 2.05) is 18.2 Å². The van der Waals surface area contributed by atoms with Crippen molar-refractivity contribution in [3.8, 4) is 5.75 Å². The fourth-order valence-corrected chi connectivity index (χ4v) is 4.20. The molecule has 1 heterocycles. The Morgan fingerprint density at radius 2 is 2.15 bits per heavy atom. The maximum absolute atomic E-state index is 10.5. The van der Waals surface area contributed by atoms with Gasteiger partial charge in [0.1, 0.15) is 11.4 Å². The first kappa shape index (κ1) is 14.4. The van der Waals surface area contributed by atoms with Crippen LogP contribution in [0.25, 0.3) is 0 Å². The van der Waals surface area contributed by atoms with Gasteiger partial charge in [-0.1, -0.05) is 29.8 Å². The zero-order valence-electron chi connectivity index (χ0n) is 12.2. The summed E-state index contributed by atoms with van der Waals surface area (Å²) in [5.74, 6) is 2.28. The first-order valence-electron chi connectivity index (χ1n) is 7.66. The van der Waals surface area contributed by atoms with E-state index in [2.05, 4.69) is 29.8 Å². The lowest BCUT2D eigenvalue weighted by Crippen LogP contribution is -2.45. The third kappa shape index (κ3) is 2.62. The lowest BCUT2D eigenvalue weighted by Gasteiger charge is -2.46. The van der Waals surface area contributed by atoms with Crippen molar-refractivity contribution in [2.75, 3.05) is 0 Å². The molecule has 1 aliphatic heterocycles. The van der Waals surface area contributed by atoms with Crippen molar-refractivity contribution in [2.24, 2.45) is 11.8 Å². The molecule has 110 valence electrons. The van der Waals surface area contributed by atoms with Crippen LogP contribution in [0.4, 0.5) is 0 Å². The molecule has 1 aromatic rings. The Bertz CT molecular complexity index is 500. The van der Waals surface area contributed by atoms with Gasteiger partial charge in [-0.25, -0.2) is 0 Å². The predicted octanol–water partition coefficient (Wildman–Crippen LogP) is 4.85. The van der Waals surface area contributed by atoms with E-state index in [0.717, 1.165) is 35.0 Å². The van der Waals surface area contributed by atoms with Crippen LogP contribution < -0.4 is 4.74 Å². The van der Waals surface area contributed by atoms with Gasteiger partial charge in [0, 0.05) is 16.5 Å². The predicted molar refractivity (Wildman–Crippen MR) is 83.9 cm³/mol. The molecule has 2 aliphatic rings. The van der Waals surface area contributed by atoms with E-state index in [4.69, 9.17) is 4.74 Å². The van der Waals surface area contributed by atoms with Crippen molar-refractivity contribution < 1.29 is 9.84 Å². The zero-order chi connectivity index (χ0) is 14.3. The molecule has 0 bridgehead atoms. The van der Waals surface area contributed by atoms with E-state index in [1.165, 1.54) is 12.8 Å². The van der Waals surface area contributed by atoms with Crippen LogP contribution in [0.3, 0.4) is 0 Å². The Balaban J connectivity index is 1.88. The van der Waals surface area contributed by atoms with E-state index in [-0.39, 0.29) is 5.60 Å². The highest BCUT2D eigenvalue weighted by Crippen LogP contribution is 2.49.